The Morgan fingerprint density at radius 3 is 1.45 bits per heavy atom. The number of unbranched alkanes of at least 4 members (excludes halogenated alkanes) is 1. The van der Waals surface area contributed by atoms with E-state index in [2.05, 4.69) is 31.1 Å². The Kier molecular flexibility index (Phi) is 10.8. The number of hydrogen-bond acceptors (Lipinski definition) is 7. The van der Waals surface area contributed by atoms with Crippen molar-refractivity contribution < 1.29 is 19.5 Å². The number of nitrogens with one attached hydrogen (secondary N) is 2. The Morgan fingerprint density at radius 1 is 0.571 bits per heavy atom. The predicted molar refractivity (Wildman–Crippen MR) is 159 cm³/mol. The number of carbonyl (C=O) groups excluding carboxylic acids is 2. The molecule has 4 aromatic rings. The van der Waals surface area contributed by atoms with Gasteiger partial charge in [0.2, 0.25) is 0 Å². The minimum atomic E-state index is -1.12. The van der Waals surface area contributed by atoms with Gasteiger partial charge in [-0.1, -0.05) is 36.4 Å². The van der Waals surface area contributed by atoms with Crippen molar-refractivity contribution >= 4 is 40.5 Å². The van der Waals surface area contributed by atoms with Crippen LogP contribution in [0.5, 0.6) is 0 Å². The van der Waals surface area contributed by atoms with Gasteiger partial charge < -0.3 is 15.7 Å². The second-order valence-corrected chi connectivity index (χ2v) is 9.28. The zero-order chi connectivity index (χ0) is 29.6. The maximum Gasteiger partial charge on any atom is 0.326 e. The van der Waals surface area contributed by atoms with Crippen LogP contribution in [0.3, 0.4) is 0 Å². The van der Waals surface area contributed by atoms with Crippen LogP contribution < -0.4 is 10.6 Å². The van der Waals surface area contributed by atoms with Crippen LogP contribution in [0.1, 0.15) is 40.0 Å². The molecule has 0 radical (unpaired) electrons. The van der Waals surface area contributed by atoms with Crippen LogP contribution in [0, 0.1) is 0 Å². The molecule has 42 heavy (non-hydrogen) atoms. The molecule has 0 fully saturated rings. The van der Waals surface area contributed by atoms with Crippen LogP contribution in [-0.4, -0.2) is 35.5 Å². The number of amides is 2. The summed E-state index contributed by atoms with van der Waals surface area (Å²) < 4.78 is 0. The van der Waals surface area contributed by atoms with E-state index >= 15 is 0 Å². The topological polar surface area (TPSA) is 145 Å². The van der Waals surface area contributed by atoms with E-state index in [-0.39, 0.29) is 12.3 Å². The average molecular weight is 563 g/mol. The van der Waals surface area contributed by atoms with Gasteiger partial charge in [0, 0.05) is 17.7 Å². The van der Waals surface area contributed by atoms with E-state index in [0.717, 1.165) is 5.69 Å². The maximum absolute atomic E-state index is 12.6. The Morgan fingerprint density at radius 2 is 1.00 bits per heavy atom. The highest BCUT2D eigenvalue weighted by molar-refractivity contribution is 5.97. The van der Waals surface area contributed by atoms with Gasteiger partial charge in [-0.05, 0) is 92.1 Å². The predicted octanol–water partition coefficient (Wildman–Crippen LogP) is 7.30. The van der Waals surface area contributed by atoms with Gasteiger partial charge in [0.25, 0.3) is 11.8 Å². The van der Waals surface area contributed by atoms with Crippen molar-refractivity contribution in [2.24, 2.45) is 20.5 Å². The molecule has 2 amide bonds. The molecular weight excluding hydrogens is 532 g/mol. The second-order valence-electron chi connectivity index (χ2n) is 9.28. The Hall–Kier alpha value is -5.51. The van der Waals surface area contributed by atoms with E-state index in [4.69, 9.17) is 0 Å². The van der Waals surface area contributed by atoms with E-state index in [1.807, 2.05) is 60.7 Å². The lowest BCUT2D eigenvalue weighted by Gasteiger charge is -2.14. The van der Waals surface area contributed by atoms with Crippen molar-refractivity contribution in [3.8, 4) is 0 Å². The molecule has 0 aliphatic carbocycles. The fourth-order valence-electron chi connectivity index (χ4n) is 3.86. The number of benzene rings is 4. The summed E-state index contributed by atoms with van der Waals surface area (Å²) in [6, 6.07) is 30.7. The first-order chi connectivity index (χ1) is 20.5. The summed E-state index contributed by atoms with van der Waals surface area (Å²) in [7, 11) is 0. The van der Waals surface area contributed by atoms with Crippen LogP contribution >= 0.6 is 0 Å². The normalized spacial score (nSPS) is 11.8. The van der Waals surface area contributed by atoms with Crippen molar-refractivity contribution in [3.63, 3.8) is 0 Å². The van der Waals surface area contributed by atoms with Crippen LogP contribution in [0.4, 0.5) is 22.7 Å². The van der Waals surface area contributed by atoms with Crippen molar-refractivity contribution in [1.82, 2.24) is 10.6 Å². The molecule has 10 nitrogen and oxygen atoms in total. The molecule has 10 heteroatoms. The molecule has 4 rings (SSSR count). The van der Waals surface area contributed by atoms with Crippen molar-refractivity contribution in [2.75, 3.05) is 6.54 Å². The van der Waals surface area contributed by atoms with Gasteiger partial charge in [-0.25, -0.2) is 4.79 Å². The summed E-state index contributed by atoms with van der Waals surface area (Å²) in [6.07, 6.45) is 1.27. The van der Waals surface area contributed by atoms with E-state index in [9.17, 15) is 19.5 Å². The highest BCUT2D eigenvalue weighted by Crippen LogP contribution is 2.20. The molecule has 4 aromatic carbocycles. The van der Waals surface area contributed by atoms with Crippen molar-refractivity contribution in [3.05, 3.63) is 120 Å². The maximum atomic E-state index is 12.6. The molecule has 0 saturated carbocycles. The molecule has 0 aliphatic heterocycles. The van der Waals surface area contributed by atoms with Gasteiger partial charge in [0.05, 0.1) is 22.7 Å². The van der Waals surface area contributed by atoms with Gasteiger partial charge in [-0.2, -0.15) is 20.5 Å². The highest BCUT2D eigenvalue weighted by Gasteiger charge is 2.20. The number of aliphatic carboxylic acids is 1. The van der Waals surface area contributed by atoms with Crippen LogP contribution in [0.2, 0.25) is 0 Å². The molecule has 1 atom stereocenters. The van der Waals surface area contributed by atoms with Crippen molar-refractivity contribution in [1.29, 1.82) is 0 Å². The zero-order valence-corrected chi connectivity index (χ0v) is 22.8. The quantitative estimate of drug-likeness (QED) is 0.116. The Balaban J connectivity index is 1.18. The van der Waals surface area contributed by atoms with Crippen LogP contribution in [-0.2, 0) is 4.79 Å². The summed E-state index contributed by atoms with van der Waals surface area (Å²) in [4.78, 5) is 36.8. The van der Waals surface area contributed by atoms with Gasteiger partial charge in [0.1, 0.15) is 6.04 Å². The van der Waals surface area contributed by atoms with Gasteiger partial charge in [-0.3, -0.25) is 9.59 Å². The lowest BCUT2D eigenvalue weighted by Crippen LogP contribution is -2.40. The SMILES string of the molecule is O=C(NCCCC[C@@H](NC(=O)c1ccc(N=Nc2ccccc2)cc1)C(=O)O)c1ccc(N=Nc2ccccc2)cc1. The summed E-state index contributed by atoms with van der Waals surface area (Å²) in [5.41, 5.74) is 3.44. The van der Waals surface area contributed by atoms with Crippen LogP contribution in [0.15, 0.2) is 130 Å². The summed E-state index contributed by atoms with van der Waals surface area (Å²) in [5, 5.41) is 31.6. The molecule has 212 valence electrons. The number of nitrogens with zero attached hydrogens (tertiary/aromatic N) is 4. The minimum absolute atomic E-state index is 0.224. The van der Waals surface area contributed by atoms with Gasteiger partial charge >= 0.3 is 5.97 Å². The second kappa shape index (κ2) is 15.3. The van der Waals surface area contributed by atoms with Gasteiger partial charge in [-0.15, -0.1) is 0 Å². The Labute approximate surface area is 243 Å². The lowest BCUT2D eigenvalue weighted by atomic mass is 10.1. The number of hydrogen-bond donors (Lipinski definition) is 3. The lowest BCUT2D eigenvalue weighted by molar-refractivity contribution is -0.139. The molecule has 0 bridgehead atoms. The van der Waals surface area contributed by atoms with E-state index in [1.165, 1.54) is 0 Å². The summed E-state index contributed by atoms with van der Waals surface area (Å²) in [5.74, 6) is -1.85. The standard InChI is InChI=1S/C32H30N6O4/c39-30(23-14-18-27(19-15-23)37-35-25-9-3-1-4-10-25)33-22-8-7-13-29(32(41)42)34-31(40)24-16-20-28(21-17-24)38-36-26-11-5-2-6-12-26/h1-6,9-12,14-21,29H,7-8,13,22H2,(H,33,39)(H,34,40)(H,41,42)/t29-/m1/s1. The number of carboxylic acids is 1. The van der Waals surface area contributed by atoms with E-state index in [1.54, 1.807) is 48.5 Å². The fourth-order valence-corrected chi connectivity index (χ4v) is 3.86. The monoisotopic (exact) mass is 562 g/mol. The largest absolute Gasteiger partial charge is 0.480 e. The number of rotatable bonds is 13. The van der Waals surface area contributed by atoms with E-state index in [0.29, 0.717) is 47.6 Å². The Bertz CT molecular complexity index is 1520. The van der Waals surface area contributed by atoms with Crippen LogP contribution in [0.25, 0.3) is 0 Å². The van der Waals surface area contributed by atoms with Gasteiger partial charge in [0.15, 0.2) is 0 Å². The molecule has 0 unspecified atom stereocenters. The fraction of sp³-hybridized carbons (Fsp3) is 0.156. The first kappa shape index (κ1) is 29.5. The third-order valence-electron chi connectivity index (χ3n) is 6.14. The first-order valence-corrected chi connectivity index (χ1v) is 13.4. The minimum Gasteiger partial charge on any atom is -0.480 e. The van der Waals surface area contributed by atoms with Crippen molar-refractivity contribution in [2.45, 2.75) is 25.3 Å². The highest BCUT2D eigenvalue weighted by atomic mass is 16.4. The molecule has 3 N–H and O–H groups in total. The van der Waals surface area contributed by atoms with E-state index < -0.39 is 17.9 Å². The molecule has 0 saturated heterocycles. The molecule has 0 aromatic heterocycles. The number of azo groups is 2. The molecule has 0 heterocycles. The third kappa shape index (κ3) is 9.30. The summed E-state index contributed by atoms with van der Waals surface area (Å²) >= 11 is 0. The average Bonchev–Trinajstić information content (AvgIpc) is 3.03. The molecular formula is C32H30N6O4. The molecule has 0 spiro atoms. The molecule has 0 aliphatic rings. The smallest absolute Gasteiger partial charge is 0.326 e. The summed E-state index contributed by atoms with van der Waals surface area (Å²) in [6.45, 7) is 0.369. The number of carboxylic acid groups (broad SMARTS) is 1. The first-order valence-electron chi connectivity index (χ1n) is 13.4. The zero-order valence-electron chi connectivity index (χ0n) is 22.8. The number of carbonyl (C=O) groups is 3. The third-order valence-corrected chi connectivity index (χ3v) is 6.14.